The van der Waals surface area contributed by atoms with Crippen LogP contribution in [-0.2, 0) is 14.3 Å². The van der Waals surface area contributed by atoms with Crippen molar-refractivity contribution in [2.75, 3.05) is 13.7 Å². The zero-order valence-electron chi connectivity index (χ0n) is 10.4. The van der Waals surface area contributed by atoms with E-state index >= 15 is 0 Å². The SMILES string of the molecule is COC(=O)C(C)NC(=O)NCC(C)(C)C(=O)O. The Morgan fingerprint density at radius 3 is 2.29 bits per heavy atom. The first-order valence-electron chi connectivity index (χ1n) is 5.06. The number of hydrogen-bond donors (Lipinski definition) is 3. The number of ether oxygens (including phenoxy) is 1. The van der Waals surface area contributed by atoms with Gasteiger partial charge in [0.05, 0.1) is 12.5 Å². The average molecular weight is 246 g/mol. The van der Waals surface area contributed by atoms with Gasteiger partial charge in [0.15, 0.2) is 0 Å². The number of carbonyl (C=O) groups is 3. The van der Waals surface area contributed by atoms with E-state index in [-0.39, 0.29) is 6.54 Å². The Kier molecular flexibility index (Phi) is 5.43. The molecule has 0 aliphatic carbocycles. The zero-order chi connectivity index (χ0) is 13.6. The number of amides is 2. The van der Waals surface area contributed by atoms with Crippen molar-refractivity contribution in [3.63, 3.8) is 0 Å². The van der Waals surface area contributed by atoms with Crippen LogP contribution in [0.1, 0.15) is 20.8 Å². The lowest BCUT2D eigenvalue weighted by Gasteiger charge is -2.20. The number of carboxylic acids is 1. The van der Waals surface area contributed by atoms with Gasteiger partial charge in [0.2, 0.25) is 0 Å². The van der Waals surface area contributed by atoms with Crippen LogP contribution in [0, 0.1) is 5.41 Å². The highest BCUT2D eigenvalue weighted by Crippen LogP contribution is 2.12. The minimum Gasteiger partial charge on any atom is -0.481 e. The zero-order valence-corrected chi connectivity index (χ0v) is 10.4. The van der Waals surface area contributed by atoms with Gasteiger partial charge in [-0.15, -0.1) is 0 Å². The second-order valence-corrected chi connectivity index (χ2v) is 4.26. The maximum absolute atomic E-state index is 11.3. The number of carbonyl (C=O) groups excluding carboxylic acids is 2. The number of esters is 1. The first kappa shape index (κ1) is 15.2. The molecule has 0 fully saturated rings. The number of carboxylic acid groups (broad SMARTS) is 1. The number of urea groups is 1. The molecule has 0 aromatic heterocycles. The van der Waals surface area contributed by atoms with Gasteiger partial charge in [0, 0.05) is 6.54 Å². The lowest BCUT2D eigenvalue weighted by Crippen LogP contribution is -2.48. The summed E-state index contributed by atoms with van der Waals surface area (Å²) >= 11 is 0. The van der Waals surface area contributed by atoms with E-state index in [0.717, 1.165) is 0 Å². The second-order valence-electron chi connectivity index (χ2n) is 4.26. The third kappa shape index (κ3) is 5.19. The van der Waals surface area contributed by atoms with Crippen LogP contribution >= 0.6 is 0 Å². The van der Waals surface area contributed by atoms with E-state index < -0.39 is 29.4 Å². The summed E-state index contributed by atoms with van der Waals surface area (Å²) in [6.45, 7) is 4.40. The molecule has 2 amide bonds. The lowest BCUT2D eigenvalue weighted by atomic mass is 9.94. The molecule has 1 unspecified atom stereocenters. The minimum absolute atomic E-state index is 0.0396. The number of methoxy groups -OCH3 is 1. The molecular weight excluding hydrogens is 228 g/mol. The minimum atomic E-state index is -1.06. The van der Waals surface area contributed by atoms with E-state index in [1.807, 2.05) is 0 Å². The van der Waals surface area contributed by atoms with Crippen molar-refractivity contribution >= 4 is 18.0 Å². The molecule has 0 aromatic rings. The predicted octanol–water partition coefficient (Wildman–Crippen LogP) is -0.0421. The maximum atomic E-state index is 11.3. The first-order valence-corrected chi connectivity index (χ1v) is 5.06. The van der Waals surface area contributed by atoms with E-state index in [1.54, 1.807) is 0 Å². The lowest BCUT2D eigenvalue weighted by molar-refractivity contribution is -0.146. The van der Waals surface area contributed by atoms with Crippen LogP contribution in [0.4, 0.5) is 4.79 Å². The fourth-order valence-electron chi connectivity index (χ4n) is 0.860. The Hall–Kier alpha value is -1.79. The van der Waals surface area contributed by atoms with Crippen molar-refractivity contribution in [1.29, 1.82) is 0 Å². The van der Waals surface area contributed by atoms with E-state index in [9.17, 15) is 14.4 Å². The number of nitrogens with one attached hydrogen (secondary N) is 2. The molecule has 0 bridgehead atoms. The van der Waals surface area contributed by atoms with E-state index in [1.165, 1.54) is 27.9 Å². The van der Waals surface area contributed by atoms with Crippen LogP contribution in [0.15, 0.2) is 0 Å². The smallest absolute Gasteiger partial charge is 0.328 e. The molecule has 0 saturated carbocycles. The summed E-state index contributed by atoms with van der Waals surface area (Å²) in [5.41, 5.74) is -1.06. The van der Waals surface area contributed by atoms with Gasteiger partial charge in [-0.25, -0.2) is 9.59 Å². The van der Waals surface area contributed by atoms with Gasteiger partial charge in [0.1, 0.15) is 6.04 Å². The molecule has 1 atom stereocenters. The summed E-state index contributed by atoms with van der Waals surface area (Å²) in [6, 6.07) is -1.40. The summed E-state index contributed by atoms with van der Waals surface area (Å²) < 4.78 is 4.42. The molecule has 3 N–H and O–H groups in total. The Morgan fingerprint density at radius 1 is 1.35 bits per heavy atom. The fourth-order valence-corrected chi connectivity index (χ4v) is 0.860. The van der Waals surface area contributed by atoms with E-state index in [2.05, 4.69) is 15.4 Å². The highest BCUT2D eigenvalue weighted by molar-refractivity contribution is 5.83. The maximum Gasteiger partial charge on any atom is 0.328 e. The highest BCUT2D eigenvalue weighted by atomic mass is 16.5. The molecular formula is C10H18N2O5. The topological polar surface area (TPSA) is 105 Å². The Morgan fingerprint density at radius 2 is 1.88 bits per heavy atom. The molecule has 17 heavy (non-hydrogen) atoms. The van der Waals surface area contributed by atoms with Gasteiger partial charge in [-0.2, -0.15) is 0 Å². The normalized spacial score (nSPS) is 12.5. The summed E-state index contributed by atoms with van der Waals surface area (Å²) in [4.78, 5) is 33.1. The summed E-state index contributed by atoms with van der Waals surface area (Å²) in [7, 11) is 1.21. The van der Waals surface area contributed by atoms with Gasteiger partial charge >= 0.3 is 18.0 Å². The second kappa shape index (κ2) is 6.07. The van der Waals surface area contributed by atoms with E-state index in [4.69, 9.17) is 5.11 Å². The first-order chi connectivity index (χ1) is 7.70. The van der Waals surface area contributed by atoms with Crippen molar-refractivity contribution in [3.8, 4) is 0 Å². The largest absolute Gasteiger partial charge is 0.481 e. The number of aliphatic carboxylic acids is 1. The summed E-state index contributed by atoms with van der Waals surface area (Å²) in [5, 5.41) is 13.5. The van der Waals surface area contributed by atoms with Crippen LogP contribution in [0.2, 0.25) is 0 Å². The van der Waals surface area contributed by atoms with Crippen molar-refractivity contribution in [2.45, 2.75) is 26.8 Å². The monoisotopic (exact) mass is 246 g/mol. The van der Waals surface area contributed by atoms with Crippen LogP contribution in [-0.4, -0.2) is 42.8 Å². The molecule has 0 saturated heterocycles. The molecule has 7 nitrogen and oxygen atoms in total. The standard InChI is InChI=1S/C10H18N2O5/c1-6(7(13)17-4)12-9(16)11-5-10(2,3)8(14)15/h6H,5H2,1-4H3,(H,14,15)(H2,11,12,16). The summed E-state index contributed by atoms with van der Waals surface area (Å²) in [5.74, 6) is -1.59. The van der Waals surface area contributed by atoms with E-state index in [0.29, 0.717) is 0 Å². The molecule has 0 aliphatic heterocycles. The molecule has 0 radical (unpaired) electrons. The van der Waals surface area contributed by atoms with Crippen molar-refractivity contribution in [2.24, 2.45) is 5.41 Å². The quantitative estimate of drug-likeness (QED) is 0.590. The van der Waals surface area contributed by atoms with Crippen molar-refractivity contribution in [1.82, 2.24) is 10.6 Å². The van der Waals surface area contributed by atoms with Crippen molar-refractivity contribution < 1.29 is 24.2 Å². The molecule has 0 aliphatic rings. The molecule has 0 rings (SSSR count). The van der Waals surface area contributed by atoms with Crippen molar-refractivity contribution in [3.05, 3.63) is 0 Å². The Bertz CT molecular complexity index is 314. The van der Waals surface area contributed by atoms with Gasteiger partial charge in [-0.3, -0.25) is 4.79 Å². The van der Waals surface area contributed by atoms with Gasteiger partial charge < -0.3 is 20.5 Å². The number of hydrogen-bond acceptors (Lipinski definition) is 4. The molecule has 0 spiro atoms. The van der Waals surface area contributed by atoms with Gasteiger partial charge in [-0.05, 0) is 20.8 Å². The third-order valence-corrected chi connectivity index (χ3v) is 2.17. The van der Waals surface area contributed by atoms with Gasteiger partial charge in [0.25, 0.3) is 0 Å². The highest BCUT2D eigenvalue weighted by Gasteiger charge is 2.28. The molecule has 0 heterocycles. The summed E-state index contributed by atoms with van der Waals surface area (Å²) in [6.07, 6.45) is 0. The third-order valence-electron chi connectivity index (χ3n) is 2.17. The van der Waals surface area contributed by atoms with Crippen LogP contribution in [0.3, 0.4) is 0 Å². The fraction of sp³-hybridized carbons (Fsp3) is 0.700. The average Bonchev–Trinajstić information content (AvgIpc) is 2.25. The Labute approximate surface area is 99.5 Å². The van der Waals surface area contributed by atoms with Crippen LogP contribution in [0.5, 0.6) is 0 Å². The predicted molar refractivity (Wildman–Crippen MR) is 59.4 cm³/mol. The van der Waals surface area contributed by atoms with Gasteiger partial charge in [-0.1, -0.05) is 0 Å². The molecule has 98 valence electrons. The number of rotatable bonds is 5. The molecule has 7 heteroatoms. The molecule has 0 aromatic carbocycles. The Balaban J connectivity index is 4.13. The van der Waals surface area contributed by atoms with Crippen LogP contribution in [0.25, 0.3) is 0 Å². The van der Waals surface area contributed by atoms with Crippen LogP contribution < -0.4 is 10.6 Å².